The van der Waals surface area contributed by atoms with Crippen LogP contribution < -0.4 is 14.9 Å². The largest absolute Gasteiger partial charge is 0.491 e. The number of rotatable bonds is 6. The number of sulfonamides is 1. The quantitative estimate of drug-likeness (QED) is 0.702. The summed E-state index contributed by atoms with van der Waals surface area (Å²) in [4.78, 5) is 22.4. The van der Waals surface area contributed by atoms with E-state index >= 15 is 0 Å². The molecule has 0 spiro atoms. The standard InChI is InChI=1S/C10H14N2O6S/c1-18-9-6-12(4-3-11-19(2,16)17)7(10(14)15)5-8(9)13/h5-6,11H,3-4H2,1-2H3,(H,14,15). The molecule has 9 heteroatoms. The molecule has 1 heterocycles. The third-order valence-corrected chi connectivity index (χ3v) is 2.98. The first-order chi connectivity index (χ1) is 8.74. The lowest BCUT2D eigenvalue weighted by molar-refractivity contribution is 0.0683. The maximum Gasteiger partial charge on any atom is 0.352 e. The van der Waals surface area contributed by atoms with Crippen LogP contribution in [0.3, 0.4) is 0 Å². The Bertz CT molecular complexity index is 634. The van der Waals surface area contributed by atoms with Gasteiger partial charge < -0.3 is 14.4 Å². The van der Waals surface area contributed by atoms with Crippen molar-refractivity contribution in [3.8, 4) is 5.75 Å². The summed E-state index contributed by atoms with van der Waals surface area (Å²) in [5.41, 5.74) is -0.784. The molecule has 0 saturated carbocycles. The van der Waals surface area contributed by atoms with Gasteiger partial charge in [0.1, 0.15) is 5.69 Å². The molecule has 0 aromatic carbocycles. The Morgan fingerprint density at radius 2 is 2.16 bits per heavy atom. The number of carboxylic acids is 1. The van der Waals surface area contributed by atoms with Crippen molar-refractivity contribution in [2.24, 2.45) is 0 Å². The van der Waals surface area contributed by atoms with Gasteiger partial charge in [-0.1, -0.05) is 0 Å². The number of aromatic carboxylic acids is 1. The predicted octanol–water partition coefficient (Wildman–Crippen LogP) is -0.896. The van der Waals surface area contributed by atoms with Crippen LogP contribution in [0.25, 0.3) is 0 Å². The molecule has 106 valence electrons. The number of nitrogens with one attached hydrogen (secondary N) is 1. The van der Waals surface area contributed by atoms with E-state index in [9.17, 15) is 18.0 Å². The van der Waals surface area contributed by atoms with Crippen molar-refractivity contribution < 1.29 is 23.1 Å². The minimum atomic E-state index is -3.35. The van der Waals surface area contributed by atoms with Gasteiger partial charge in [0.2, 0.25) is 15.5 Å². The van der Waals surface area contributed by atoms with E-state index in [2.05, 4.69) is 4.72 Å². The van der Waals surface area contributed by atoms with E-state index in [-0.39, 0.29) is 24.5 Å². The SMILES string of the molecule is COc1cn(CCNS(C)(=O)=O)c(C(=O)O)cc1=O. The van der Waals surface area contributed by atoms with Crippen LogP contribution in [-0.4, -0.2) is 44.0 Å². The smallest absolute Gasteiger partial charge is 0.352 e. The number of pyridine rings is 1. The average molecular weight is 290 g/mol. The van der Waals surface area contributed by atoms with Crippen molar-refractivity contribution in [1.82, 2.24) is 9.29 Å². The monoisotopic (exact) mass is 290 g/mol. The molecule has 0 aliphatic carbocycles. The Balaban J connectivity index is 3.03. The number of hydrogen-bond donors (Lipinski definition) is 2. The van der Waals surface area contributed by atoms with Gasteiger partial charge in [0.05, 0.1) is 19.6 Å². The van der Waals surface area contributed by atoms with Crippen molar-refractivity contribution in [1.29, 1.82) is 0 Å². The third-order valence-electron chi connectivity index (χ3n) is 2.25. The highest BCUT2D eigenvalue weighted by Gasteiger charge is 2.13. The Kier molecular flexibility index (Phi) is 4.67. The van der Waals surface area contributed by atoms with Gasteiger partial charge in [-0.25, -0.2) is 17.9 Å². The summed E-state index contributed by atoms with van der Waals surface area (Å²) < 4.78 is 30.1. The minimum Gasteiger partial charge on any atom is -0.491 e. The van der Waals surface area contributed by atoms with E-state index in [1.165, 1.54) is 17.9 Å². The van der Waals surface area contributed by atoms with Gasteiger partial charge in [-0.2, -0.15) is 0 Å². The second-order valence-electron chi connectivity index (χ2n) is 3.76. The van der Waals surface area contributed by atoms with Crippen molar-refractivity contribution in [3.63, 3.8) is 0 Å². The fourth-order valence-corrected chi connectivity index (χ4v) is 1.89. The number of carbonyl (C=O) groups is 1. The van der Waals surface area contributed by atoms with Crippen LogP contribution in [0.5, 0.6) is 5.75 Å². The molecule has 0 bridgehead atoms. The molecule has 0 fully saturated rings. The Hall–Kier alpha value is -1.87. The van der Waals surface area contributed by atoms with Gasteiger partial charge in [-0.3, -0.25) is 4.79 Å². The first kappa shape index (κ1) is 15.2. The van der Waals surface area contributed by atoms with E-state index in [0.29, 0.717) is 0 Å². The van der Waals surface area contributed by atoms with E-state index in [1.54, 1.807) is 0 Å². The Labute approximate surface area is 109 Å². The second-order valence-corrected chi connectivity index (χ2v) is 5.59. The highest BCUT2D eigenvalue weighted by molar-refractivity contribution is 7.88. The van der Waals surface area contributed by atoms with Gasteiger partial charge in [0, 0.05) is 19.2 Å². The zero-order valence-corrected chi connectivity index (χ0v) is 11.2. The van der Waals surface area contributed by atoms with Crippen LogP contribution in [0.2, 0.25) is 0 Å². The van der Waals surface area contributed by atoms with Crippen LogP contribution in [0.1, 0.15) is 10.5 Å². The van der Waals surface area contributed by atoms with Crippen LogP contribution in [0.15, 0.2) is 17.1 Å². The lowest BCUT2D eigenvalue weighted by atomic mass is 10.3. The molecule has 0 aliphatic heterocycles. The van der Waals surface area contributed by atoms with Crippen molar-refractivity contribution in [2.75, 3.05) is 19.9 Å². The molecule has 0 unspecified atom stereocenters. The van der Waals surface area contributed by atoms with Crippen LogP contribution in [0, 0.1) is 0 Å². The molecule has 0 aliphatic rings. The molecule has 0 amide bonds. The molecule has 2 N–H and O–H groups in total. The highest BCUT2D eigenvalue weighted by Crippen LogP contribution is 2.06. The molecule has 1 aromatic rings. The molecule has 19 heavy (non-hydrogen) atoms. The zero-order valence-electron chi connectivity index (χ0n) is 10.4. The number of nitrogens with zero attached hydrogens (tertiary/aromatic N) is 1. The fourth-order valence-electron chi connectivity index (χ4n) is 1.43. The van der Waals surface area contributed by atoms with Gasteiger partial charge in [0.25, 0.3) is 0 Å². The first-order valence-electron chi connectivity index (χ1n) is 5.21. The molecule has 1 aromatic heterocycles. The summed E-state index contributed by atoms with van der Waals surface area (Å²) in [5.74, 6) is -1.29. The number of aromatic nitrogens is 1. The molecule has 0 saturated heterocycles. The zero-order chi connectivity index (χ0) is 14.6. The summed E-state index contributed by atoms with van der Waals surface area (Å²) in [7, 11) is -2.07. The average Bonchev–Trinajstić information content (AvgIpc) is 2.28. The van der Waals surface area contributed by atoms with E-state index in [0.717, 1.165) is 12.3 Å². The Morgan fingerprint density at radius 3 is 2.63 bits per heavy atom. The molecular formula is C10H14N2O6S. The number of carboxylic acid groups (broad SMARTS) is 1. The van der Waals surface area contributed by atoms with Crippen molar-refractivity contribution in [3.05, 3.63) is 28.2 Å². The van der Waals surface area contributed by atoms with Crippen molar-refractivity contribution in [2.45, 2.75) is 6.54 Å². The first-order valence-corrected chi connectivity index (χ1v) is 7.10. The summed E-state index contributed by atoms with van der Waals surface area (Å²) in [5, 5.41) is 8.97. The number of methoxy groups -OCH3 is 1. The van der Waals surface area contributed by atoms with Crippen molar-refractivity contribution >= 4 is 16.0 Å². The van der Waals surface area contributed by atoms with Crippen LogP contribution >= 0.6 is 0 Å². The number of ether oxygens (including phenoxy) is 1. The Morgan fingerprint density at radius 1 is 1.53 bits per heavy atom. The molecule has 0 radical (unpaired) electrons. The van der Waals surface area contributed by atoms with Crippen LogP contribution in [-0.2, 0) is 16.6 Å². The second kappa shape index (κ2) is 5.85. The lowest BCUT2D eigenvalue weighted by Gasteiger charge is -2.12. The third kappa shape index (κ3) is 4.38. The normalized spacial score (nSPS) is 11.3. The molecule has 1 rings (SSSR count). The topological polar surface area (TPSA) is 115 Å². The van der Waals surface area contributed by atoms with Gasteiger partial charge in [0.15, 0.2) is 5.75 Å². The van der Waals surface area contributed by atoms with Crippen LogP contribution in [0.4, 0.5) is 0 Å². The molecule has 8 nitrogen and oxygen atoms in total. The van der Waals surface area contributed by atoms with Gasteiger partial charge >= 0.3 is 5.97 Å². The van der Waals surface area contributed by atoms with E-state index in [1.807, 2.05) is 0 Å². The van der Waals surface area contributed by atoms with Gasteiger partial charge in [-0.05, 0) is 0 Å². The summed E-state index contributed by atoms with van der Waals surface area (Å²) in [6, 6.07) is 0.932. The van der Waals surface area contributed by atoms with Gasteiger partial charge in [-0.15, -0.1) is 0 Å². The van der Waals surface area contributed by atoms with E-state index < -0.39 is 21.4 Å². The summed E-state index contributed by atoms with van der Waals surface area (Å²) in [6.45, 7) is 0.0660. The fraction of sp³-hybridized carbons (Fsp3) is 0.400. The maximum atomic E-state index is 11.4. The van der Waals surface area contributed by atoms with E-state index in [4.69, 9.17) is 9.84 Å². The molecular weight excluding hydrogens is 276 g/mol. The highest BCUT2D eigenvalue weighted by atomic mass is 32.2. The lowest BCUT2D eigenvalue weighted by Crippen LogP contribution is -2.28. The minimum absolute atomic E-state index is 0.00510. The summed E-state index contributed by atoms with van der Waals surface area (Å²) in [6.07, 6.45) is 2.23. The molecule has 0 atom stereocenters. The predicted molar refractivity (Wildman–Crippen MR) is 67.1 cm³/mol. The maximum absolute atomic E-state index is 11.4. The number of hydrogen-bond acceptors (Lipinski definition) is 5. The summed E-state index contributed by atoms with van der Waals surface area (Å²) >= 11 is 0.